The lowest BCUT2D eigenvalue weighted by Gasteiger charge is -2.20. The van der Waals surface area contributed by atoms with Gasteiger partial charge in [-0.1, -0.05) is 12.1 Å². The number of aromatic nitrogens is 1. The Balaban J connectivity index is 1.94. The molecule has 0 radical (unpaired) electrons. The Bertz CT molecular complexity index is 752. The number of nitrogens with one attached hydrogen (secondary N) is 2. The van der Waals surface area contributed by atoms with E-state index in [2.05, 4.69) is 15.6 Å². The molecule has 25 heavy (non-hydrogen) atoms. The van der Waals surface area contributed by atoms with Crippen molar-refractivity contribution in [1.29, 1.82) is 0 Å². The Morgan fingerprint density at radius 1 is 1.08 bits per heavy atom. The van der Waals surface area contributed by atoms with Gasteiger partial charge in [-0.05, 0) is 57.0 Å². The Morgan fingerprint density at radius 3 is 2.40 bits per heavy atom. The van der Waals surface area contributed by atoms with Gasteiger partial charge in [-0.2, -0.15) is 0 Å². The highest BCUT2D eigenvalue weighted by Crippen LogP contribution is 2.07. The van der Waals surface area contributed by atoms with Crippen molar-refractivity contribution in [3.63, 3.8) is 0 Å². The Kier molecular flexibility index (Phi) is 5.85. The summed E-state index contributed by atoms with van der Waals surface area (Å²) in [6.07, 6.45) is 2.02. The van der Waals surface area contributed by atoms with Gasteiger partial charge in [0, 0.05) is 23.8 Å². The van der Waals surface area contributed by atoms with E-state index in [0.29, 0.717) is 18.5 Å². The second-order valence-corrected chi connectivity index (χ2v) is 6.77. The quantitative estimate of drug-likeness (QED) is 0.877. The zero-order valence-electron chi connectivity index (χ0n) is 14.6. The van der Waals surface area contributed by atoms with E-state index in [4.69, 9.17) is 0 Å². The largest absolute Gasteiger partial charge is 0.350 e. The SMILES string of the molecule is CC(C)(C)NC(=O)c1ccnc(C(=O)NCCc2ccc(F)cc2)c1. The molecule has 0 bridgehead atoms. The summed E-state index contributed by atoms with van der Waals surface area (Å²) in [7, 11) is 0. The molecular formula is C19H22FN3O2. The van der Waals surface area contributed by atoms with E-state index in [1.54, 1.807) is 18.2 Å². The summed E-state index contributed by atoms with van der Waals surface area (Å²) in [5, 5.41) is 5.59. The molecule has 0 saturated carbocycles. The van der Waals surface area contributed by atoms with E-state index in [1.165, 1.54) is 24.4 Å². The van der Waals surface area contributed by atoms with Gasteiger partial charge in [-0.25, -0.2) is 4.39 Å². The highest BCUT2D eigenvalue weighted by Gasteiger charge is 2.17. The van der Waals surface area contributed by atoms with Gasteiger partial charge < -0.3 is 10.6 Å². The van der Waals surface area contributed by atoms with Gasteiger partial charge in [0.2, 0.25) is 0 Å². The van der Waals surface area contributed by atoms with Gasteiger partial charge in [0.15, 0.2) is 0 Å². The van der Waals surface area contributed by atoms with Crippen molar-refractivity contribution in [2.75, 3.05) is 6.54 Å². The number of halogens is 1. The fourth-order valence-corrected chi connectivity index (χ4v) is 2.17. The molecule has 0 aliphatic rings. The molecule has 0 saturated heterocycles. The minimum Gasteiger partial charge on any atom is -0.350 e. The predicted octanol–water partition coefficient (Wildman–Crippen LogP) is 2.72. The maximum Gasteiger partial charge on any atom is 0.269 e. The van der Waals surface area contributed by atoms with E-state index in [9.17, 15) is 14.0 Å². The number of hydrogen-bond donors (Lipinski definition) is 2. The van der Waals surface area contributed by atoms with Crippen LogP contribution < -0.4 is 10.6 Å². The molecule has 0 aliphatic heterocycles. The summed E-state index contributed by atoms with van der Waals surface area (Å²) in [6.45, 7) is 6.05. The summed E-state index contributed by atoms with van der Waals surface area (Å²) in [5.41, 5.74) is 1.13. The summed E-state index contributed by atoms with van der Waals surface area (Å²) in [5.74, 6) is -0.898. The van der Waals surface area contributed by atoms with E-state index in [0.717, 1.165) is 5.56 Å². The molecule has 0 aliphatic carbocycles. The number of rotatable bonds is 5. The monoisotopic (exact) mass is 343 g/mol. The van der Waals surface area contributed by atoms with E-state index < -0.39 is 0 Å². The molecule has 0 atom stereocenters. The van der Waals surface area contributed by atoms with Crippen molar-refractivity contribution < 1.29 is 14.0 Å². The smallest absolute Gasteiger partial charge is 0.269 e. The minimum absolute atomic E-state index is 0.181. The number of nitrogens with zero attached hydrogens (tertiary/aromatic N) is 1. The molecule has 0 fully saturated rings. The molecule has 0 spiro atoms. The predicted molar refractivity (Wildman–Crippen MR) is 93.9 cm³/mol. The Hall–Kier alpha value is -2.76. The zero-order chi connectivity index (χ0) is 18.4. The first kappa shape index (κ1) is 18.6. The van der Waals surface area contributed by atoms with Crippen molar-refractivity contribution in [2.24, 2.45) is 0 Å². The highest BCUT2D eigenvalue weighted by atomic mass is 19.1. The standard InChI is InChI=1S/C19H22FN3O2/c1-19(2,3)23-17(24)14-9-11-21-16(12-14)18(25)22-10-8-13-4-6-15(20)7-5-13/h4-7,9,11-12H,8,10H2,1-3H3,(H,22,25)(H,23,24). The number of hydrogen-bond acceptors (Lipinski definition) is 3. The molecule has 5 nitrogen and oxygen atoms in total. The van der Waals surface area contributed by atoms with Crippen molar-refractivity contribution in [3.8, 4) is 0 Å². The second-order valence-electron chi connectivity index (χ2n) is 6.77. The first-order valence-electron chi connectivity index (χ1n) is 8.06. The van der Waals surface area contributed by atoms with Crippen molar-refractivity contribution in [3.05, 3.63) is 65.2 Å². The van der Waals surface area contributed by atoms with Gasteiger partial charge in [0.1, 0.15) is 11.5 Å². The van der Waals surface area contributed by atoms with Gasteiger partial charge in [-0.3, -0.25) is 14.6 Å². The van der Waals surface area contributed by atoms with Crippen LogP contribution in [0.4, 0.5) is 4.39 Å². The van der Waals surface area contributed by atoms with Gasteiger partial charge in [0.25, 0.3) is 11.8 Å². The number of pyridine rings is 1. The molecule has 6 heteroatoms. The summed E-state index contributed by atoms with van der Waals surface area (Å²) < 4.78 is 12.9. The van der Waals surface area contributed by atoms with Crippen LogP contribution in [0.3, 0.4) is 0 Å². The van der Waals surface area contributed by atoms with Crippen LogP contribution in [-0.2, 0) is 6.42 Å². The lowest BCUT2D eigenvalue weighted by Crippen LogP contribution is -2.40. The van der Waals surface area contributed by atoms with Crippen LogP contribution in [-0.4, -0.2) is 28.9 Å². The van der Waals surface area contributed by atoms with Crippen molar-refractivity contribution in [2.45, 2.75) is 32.7 Å². The molecule has 1 aromatic heterocycles. The van der Waals surface area contributed by atoms with Crippen molar-refractivity contribution in [1.82, 2.24) is 15.6 Å². The third-order valence-corrected chi connectivity index (χ3v) is 3.36. The van der Waals surface area contributed by atoms with Crippen LogP contribution in [0, 0.1) is 5.82 Å². The van der Waals surface area contributed by atoms with Gasteiger partial charge in [-0.15, -0.1) is 0 Å². The average Bonchev–Trinajstić information content (AvgIpc) is 2.55. The maximum absolute atomic E-state index is 12.9. The topological polar surface area (TPSA) is 71.1 Å². The van der Waals surface area contributed by atoms with Crippen LogP contribution in [0.2, 0.25) is 0 Å². The molecule has 1 heterocycles. The van der Waals surface area contributed by atoms with E-state index in [-0.39, 0.29) is 28.9 Å². The summed E-state index contributed by atoms with van der Waals surface area (Å²) in [4.78, 5) is 28.4. The van der Waals surface area contributed by atoms with Crippen LogP contribution in [0.15, 0.2) is 42.6 Å². The lowest BCUT2D eigenvalue weighted by molar-refractivity contribution is 0.0919. The first-order valence-corrected chi connectivity index (χ1v) is 8.06. The fraction of sp³-hybridized carbons (Fsp3) is 0.316. The normalized spacial score (nSPS) is 11.0. The third kappa shape index (κ3) is 5.99. The molecule has 2 aromatic rings. The lowest BCUT2D eigenvalue weighted by atomic mass is 10.1. The van der Waals surface area contributed by atoms with E-state index >= 15 is 0 Å². The number of benzene rings is 1. The Labute approximate surface area is 146 Å². The zero-order valence-corrected chi connectivity index (χ0v) is 14.6. The fourth-order valence-electron chi connectivity index (χ4n) is 2.17. The minimum atomic E-state index is -0.363. The number of carbonyl (C=O) groups is 2. The molecule has 132 valence electrons. The molecular weight excluding hydrogens is 321 g/mol. The van der Waals surface area contributed by atoms with Crippen LogP contribution in [0.25, 0.3) is 0 Å². The van der Waals surface area contributed by atoms with Crippen molar-refractivity contribution >= 4 is 11.8 Å². The molecule has 2 rings (SSSR count). The highest BCUT2D eigenvalue weighted by molar-refractivity contribution is 5.98. The van der Waals surface area contributed by atoms with E-state index in [1.807, 2.05) is 20.8 Å². The maximum atomic E-state index is 12.9. The molecule has 2 amide bonds. The summed E-state index contributed by atoms with van der Waals surface area (Å²) >= 11 is 0. The van der Waals surface area contributed by atoms with Gasteiger partial charge in [0.05, 0.1) is 0 Å². The van der Waals surface area contributed by atoms with Crippen LogP contribution in [0.1, 0.15) is 47.2 Å². The number of carbonyl (C=O) groups excluding carboxylic acids is 2. The first-order chi connectivity index (χ1) is 11.7. The van der Waals surface area contributed by atoms with Crippen LogP contribution in [0.5, 0.6) is 0 Å². The molecule has 0 unspecified atom stereocenters. The second kappa shape index (κ2) is 7.88. The third-order valence-electron chi connectivity index (χ3n) is 3.36. The van der Waals surface area contributed by atoms with Gasteiger partial charge >= 0.3 is 0 Å². The average molecular weight is 343 g/mol. The van der Waals surface area contributed by atoms with Crippen LogP contribution >= 0.6 is 0 Å². The number of amides is 2. The molecule has 2 N–H and O–H groups in total. The summed E-state index contributed by atoms with van der Waals surface area (Å²) in [6, 6.07) is 9.16. The Morgan fingerprint density at radius 2 is 1.76 bits per heavy atom. The molecule has 1 aromatic carbocycles.